The maximum absolute atomic E-state index is 6.43. The van der Waals surface area contributed by atoms with Gasteiger partial charge in [0.1, 0.15) is 11.2 Å². The summed E-state index contributed by atoms with van der Waals surface area (Å²) >= 11 is 0. The van der Waals surface area contributed by atoms with Gasteiger partial charge in [-0.1, -0.05) is 152 Å². The SMILES string of the molecule is c1ccc(-c2ccccc2N(c2cccc(-c3ccc4ccc5ccc6ccc7ccccc7c6c5c4c3)c2)c2ccc3c(c2)oc2ccccc23)cc1. The third kappa shape index (κ3) is 4.88. The molecular formula is C52H33NO. The molecule has 0 bridgehead atoms. The first-order valence-corrected chi connectivity index (χ1v) is 18.5. The highest BCUT2D eigenvalue weighted by Gasteiger charge is 2.20. The number of hydrogen-bond acceptors (Lipinski definition) is 2. The summed E-state index contributed by atoms with van der Waals surface area (Å²) in [4.78, 5) is 2.37. The predicted octanol–water partition coefficient (Wildman–Crippen LogP) is 15.0. The molecule has 1 aromatic heterocycles. The van der Waals surface area contributed by atoms with E-state index in [1.165, 1.54) is 54.2 Å². The van der Waals surface area contributed by atoms with Crippen LogP contribution in [0.2, 0.25) is 0 Å². The Kier molecular flexibility index (Phi) is 6.90. The summed E-state index contributed by atoms with van der Waals surface area (Å²) in [6.07, 6.45) is 0. The van der Waals surface area contributed by atoms with E-state index in [1.807, 2.05) is 12.1 Å². The van der Waals surface area contributed by atoms with E-state index in [0.717, 1.165) is 50.1 Å². The van der Waals surface area contributed by atoms with Crippen LogP contribution in [0.25, 0.3) is 87.3 Å². The van der Waals surface area contributed by atoms with Crippen LogP contribution in [0.1, 0.15) is 0 Å². The van der Waals surface area contributed by atoms with Gasteiger partial charge in [0.25, 0.3) is 0 Å². The molecule has 11 rings (SSSR count). The predicted molar refractivity (Wildman–Crippen MR) is 229 cm³/mol. The van der Waals surface area contributed by atoms with E-state index in [-0.39, 0.29) is 0 Å². The Morgan fingerprint density at radius 1 is 0.315 bits per heavy atom. The summed E-state index contributed by atoms with van der Waals surface area (Å²) in [5.41, 5.74) is 9.62. The summed E-state index contributed by atoms with van der Waals surface area (Å²) in [7, 11) is 0. The maximum atomic E-state index is 6.43. The molecule has 54 heavy (non-hydrogen) atoms. The number of rotatable bonds is 5. The summed E-state index contributed by atoms with van der Waals surface area (Å²) in [6.45, 7) is 0. The van der Waals surface area contributed by atoms with Crippen molar-refractivity contribution in [2.45, 2.75) is 0 Å². The van der Waals surface area contributed by atoms with Crippen LogP contribution in [-0.4, -0.2) is 0 Å². The van der Waals surface area contributed by atoms with Crippen molar-refractivity contribution < 1.29 is 4.42 Å². The van der Waals surface area contributed by atoms with Gasteiger partial charge < -0.3 is 9.32 Å². The van der Waals surface area contributed by atoms with Crippen LogP contribution in [-0.2, 0) is 0 Å². The Balaban J connectivity index is 1.12. The van der Waals surface area contributed by atoms with Crippen LogP contribution in [0.15, 0.2) is 205 Å². The second-order valence-corrected chi connectivity index (χ2v) is 14.1. The van der Waals surface area contributed by atoms with Crippen molar-refractivity contribution in [3.63, 3.8) is 0 Å². The topological polar surface area (TPSA) is 16.4 Å². The molecule has 0 aliphatic carbocycles. The summed E-state index contributed by atoms with van der Waals surface area (Å²) in [5.74, 6) is 0. The molecule has 0 unspecified atom stereocenters. The van der Waals surface area contributed by atoms with Gasteiger partial charge in [-0.2, -0.15) is 0 Å². The second-order valence-electron chi connectivity index (χ2n) is 14.1. The van der Waals surface area contributed by atoms with Gasteiger partial charge >= 0.3 is 0 Å². The van der Waals surface area contributed by atoms with Crippen LogP contribution in [0.4, 0.5) is 17.1 Å². The number of benzene rings is 10. The lowest BCUT2D eigenvalue weighted by Gasteiger charge is -2.28. The van der Waals surface area contributed by atoms with Gasteiger partial charge in [0, 0.05) is 33.8 Å². The number of furan rings is 1. The van der Waals surface area contributed by atoms with Crippen molar-refractivity contribution in [2.75, 3.05) is 4.90 Å². The third-order valence-electron chi connectivity index (χ3n) is 11.0. The number of fused-ring (bicyclic) bond motifs is 10. The largest absolute Gasteiger partial charge is 0.456 e. The van der Waals surface area contributed by atoms with Crippen LogP contribution in [0, 0.1) is 0 Å². The smallest absolute Gasteiger partial charge is 0.137 e. The Morgan fingerprint density at radius 3 is 1.76 bits per heavy atom. The standard InChI is InChI=1S/C52H33NO/c1-2-11-34(12-3-1)43-16-6-8-19-48(43)53(42-29-30-46-45-18-7-9-20-49(45)54-50(46)33-42)41-15-10-14-39(31-41)40-28-23-36-22-25-38-27-26-37-24-21-35-13-4-5-17-44(35)51(37)52(38)47(36)32-40/h1-33H. The molecule has 252 valence electrons. The minimum Gasteiger partial charge on any atom is -0.456 e. The highest BCUT2D eigenvalue weighted by atomic mass is 16.3. The Morgan fingerprint density at radius 2 is 0.907 bits per heavy atom. The average molecular weight is 688 g/mol. The van der Waals surface area contributed by atoms with E-state index >= 15 is 0 Å². The Hall–Kier alpha value is -7.16. The lowest BCUT2D eigenvalue weighted by atomic mass is 9.91. The average Bonchev–Trinajstić information content (AvgIpc) is 3.62. The van der Waals surface area contributed by atoms with E-state index < -0.39 is 0 Å². The lowest BCUT2D eigenvalue weighted by molar-refractivity contribution is 0.669. The Bertz CT molecular complexity index is 3220. The van der Waals surface area contributed by atoms with Gasteiger partial charge in [0.15, 0.2) is 0 Å². The molecule has 0 atom stereocenters. The molecule has 0 aliphatic heterocycles. The van der Waals surface area contributed by atoms with Crippen molar-refractivity contribution in [3.05, 3.63) is 200 Å². The summed E-state index contributed by atoms with van der Waals surface area (Å²) in [6, 6.07) is 72.3. The van der Waals surface area contributed by atoms with Crippen LogP contribution in [0.3, 0.4) is 0 Å². The van der Waals surface area contributed by atoms with Crippen molar-refractivity contribution in [3.8, 4) is 22.3 Å². The first-order valence-electron chi connectivity index (χ1n) is 18.5. The lowest BCUT2D eigenvalue weighted by Crippen LogP contribution is -2.11. The highest BCUT2D eigenvalue weighted by molar-refractivity contribution is 6.27. The zero-order chi connectivity index (χ0) is 35.6. The molecule has 0 saturated heterocycles. The molecular weight excluding hydrogens is 655 g/mol. The number of para-hydroxylation sites is 2. The van der Waals surface area contributed by atoms with E-state index in [2.05, 4.69) is 193 Å². The zero-order valence-corrected chi connectivity index (χ0v) is 29.4. The van der Waals surface area contributed by atoms with Crippen molar-refractivity contribution >= 4 is 82.1 Å². The summed E-state index contributed by atoms with van der Waals surface area (Å²) in [5, 5.41) is 12.4. The Labute approximate surface area is 312 Å². The van der Waals surface area contributed by atoms with Gasteiger partial charge in [-0.05, 0) is 102 Å². The van der Waals surface area contributed by atoms with Crippen LogP contribution in [0.5, 0.6) is 0 Å². The molecule has 11 aromatic rings. The fraction of sp³-hybridized carbons (Fsp3) is 0. The van der Waals surface area contributed by atoms with Gasteiger partial charge in [-0.3, -0.25) is 0 Å². The highest BCUT2D eigenvalue weighted by Crippen LogP contribution is 2.44. The number of nitrogens with zero attached hydrogens (tertiary/aromatic N) is 1. The van der Waals surface area contributed by atoms with Crippen molar-refractivity contribution in [1.29, 1.82) is 0 Å². The summed E-state index contributed by atoms with van der Waals surface area (Å²) < 4.78 is 6.43. The molecule has 0 N–H and O–H groups in total. The molecule has 0 amide bonds. The first kappa shape index (κ1) is 30.5. The molecule has 0 fully saturated rings. The minimum atomic E-state index is 0.869. The zero-order valence-electron chi connectivity index (χ0n) is 29.4. The number of hydrogen-bond donors (Lipinski definition) is 0. The quantitative estimate of drug-likeness (QED) is 0.168. The molecule has 2 heteroatoms. The molecule has 0 saturated carbocycles. The first-order chi connectivity index (χ1) is 26.8. The molecule has 10 aromatic carbocycles. The molecule has 1 heterocycles. The van der Waals surface area contributed by atoms with E-state index in [1.54, 1.807) is 0 Å². The van der Waals surface area contributed by atoms with Gasteiger partial charge in [0.05, 0.1) is 5.69 Å². The number of anilines is 3. The molecule has 0 spiro atoms. The second kappa shape index (κ2) is 12.2. The van der Waals surface area contributed by atoms with Crippen molar-refractivity contribution in [1.82, 2.24) is 0 Å². The molecule has 2 nitrogen and oxygen atoms in total. The monoisotopic (exact) mass is 687 g/mol. The minimum absolute atomic E-state index is 0.869. The van der Waals surface area contributed by atoms with E-state index in [9.17, 15) is 0 Å². The van der Waals surface area contributed by atoms with Gasteiger partial charge in [-0.15, -0.1) is 0 Å². The van der Waals surface area contributed by atoms with E-state index in [0.29, 0.717) is 0 Å². The maximum Gasteiger partial charge on any atom is 0.137 e. The fourth-order valence-corrected chi connectivity index (χ4v) is 8.46. The normalized spacial score (nSPS) is 11.7. The third-order valence-corrected chi connectivity index (χ3v) is 11.0. The molecule has 0 aliphatic rings. The van der Waals surface area contributed by atoms with Crippen LogP contribution < -0.4 is 4.90 Å². The van der Waals surface area contributed by atoms with Gasteiger partial charge in [-0.25, -0.2) is 0 Å². The fourth-order valence-electron chi connectivity index (χ4n) is 8.46. The van der Waals surface area contributed by atoms with Crippen molar-refractivity contribution in [2.24, 2.45) is 0 Å². The van der Waals surface area contributed by atoms with E-state index in [4.69, 9.17) is 4.42 Å². The van der Waals surface area contributed by atoms with Crippen LogP contribution >= 0.6 is 0 Å². The molecule has 0 radical (unpaired) electrons. The van der Waals surface area contributed by atoms with Gasteiger partial charge in [0.2, 0.25) is 0 Å².